The molecule has 0 radical (unpaired) electrons. The van der Waals surface area contributed by atoms with Crippen molar-refractivity contribution < 1.29 is 9.53 Å². The maximum absolute atomic E-state index is 10.5. The molecule has 4 heteroatoms. The van der Waals surface area contributed by atoms with Crippen molar-refractivity contribution in [2.45, 2.75) is 25.5 Å². The molecule has 9 heavy (non-hydrogen) atoms. The van der Waals surface area contributed by atoms with E-state index in [9.17, 15) is 4.79 Å². The van der Waals surface area contributed by atoms with E-state index in [4.69, 9.17) is 10.6 Å². The molecule has 0 spiro atoms. The first kappa shape index (κ1) is 6.51. The van der Waals surface area contributed by atoms with Crippen LogP contribution in [0.2, 0.25) is 0 Å². The maximum Gasteiger partial charge on any atom is 0.307 e. The fourth-order valence-electron chi connectivity index (χ4n) is 0.878. The number of hydrogen-bond acceptors (Lipinski definition) is 4. The van der Waals surface area contributed by atoms with Crippen molar-refractivity contribution in [1.29, 1.82) is 0 Å². The minimum atomic E-state index is -0.176. The molecule has 0 aromatic heterocycles. The monoisotopic (exact) mass is 130 g/mol. The molecule has 2 atom stereocenters. The Balaban J connectivity index is 2.47. The lowest BCUT2D eigenvalue weighted by atomic mass is 10.2. The highest BCUT2D eigenvalue weighted by atomic mass is 16.6. The number of esters is 1. The van der Waals surface area contributed by atoms with Gasteiger partial charge in [0.1, 0.15) is 6.10 Å². The zero-order valence-corrected chi connectivity index (χ0v) is 5.26. The van der Waals surface area contributed by atoms with Gasteiger partial charge >= 0.3 is 5.97 Å². The predicted molar refractivity (Wildman–Crippen MR) is 31.3 cm³/mol. The summed E-state index contributed by atoms with van der Waals surface area (Å²) in [5.41, 5.74) is 2.50. The second-order valence-corrected chi connectivity index (χ2v) is 2.17. The average Bonchev–Trinajstić information content (AvgIpc) is 2.10. The summed E-state index contributed by atoms with van der Waals surface area (Å²) in [6.07, 6.45) is 0.306. The smallest absolute Gasteiger partial charge is 0.307 e. The van der Waals surface area contributed by atoms with Crippen molar-refractivity contribution in [2.24, 2.45) is 5.84 Å². The Hall–Kier alpha value is -0.610. The number of cyclic esters (lactones) is 1. The standard InChI is InChI=1S/C5H10N2O2/c1-3-4(7-6)2-5(8)9-3/h3-4,7H,2,6H2,1H3/t3-,4+/m0/s1. The molecule has 1 aliphatic rings. The molecule has 1 heterocycles. The summed E-state index contributed by atoms with van der Waals surface area (Å²) >= 11 is 0. The highest BCUT2D eigenvalue weighted by molar-refractivity contribution is 5.72. The summed E-state index contributed by atoms with van der Waals surface area (Å²) in [4.78, 5) is 10.5. The van der Waals surface area contributed by atoms with Crippen molar-refractivity contribution in [1.82, 2.24) is 5.43 Å². The molecule has 3 N–H and O–H groups in total. The molecule has 1 fully saturated rings. The van der Waals surface area contributed by atoms with Gasteiger partial charge in [0.25, 0.3) is 0 Å². The number of hydrazine groups is 1. The minimum absolute atomic E-state index is 0.00231. The van der Waals surface area contributed by atoms with Crippen LogP contribution >= 0.6 is 0 Å². The molecular weight excluding hydrogens is 120 g/mol. The van der Waals surface area contributed by atoms with Gasteiger partial charge in [-0.1, -0.05) is 0 Å². The van der Waals surface area contributed by atoms with Crippen LogP contribution in [0.4, 0.5) is 0 Å². The molecule has 1 aliphatic heterocycles. The lowest BCUT2D eigenvalue weighted by molar-refractivity contribution is -0.140. The summed E-state index contributed by atoms with van der Waals surface area (Å²) in [6, 6.07) is -0.00231. The van der Waals surface area contributed by atoms with Gasteiger partial charge in [-0.25, -0.2) is 0 Å². The third kappa shape index (κ3) is 1.20. The van der Waals surface area contributed by atoms with E-state index in [1.807, 2.05) is 6.92 Å². The lowest BCUT2D eigenvalue weighted by Gasteiger charge is -2.09. The number of carbonyl (C=O) groups is 1. The Morgan fingerprint density at radius 1 is 1.89 bits per heavy atom. The Morgan fingerprint density at radius 2 is 2.56 bits per heavy atom. The maximum atomic E-state index is 10.5. The molecule has 1 rings (SSSR count). The minimum Gasteiger partial charge on any atom is -0.461 e. The van der Waals surface area contributed by atoms with E-state index in [1.165, 1.54) is 0 Å². The van der Waals surface area contributed by atoms with Crippen LogP contribution in [0.3, 0.4) is 0 Å². The number of hydrogen-bond donors (Lipinski definition) is 2. The van der Waals surface area contributed by atoms with Gasteiger partial charge in [-0.15, -0.1) is 0 Å². The van der Waals surface area contributed by atoms with E-state index in [-0.39, 0.29) is 18.1 Å². The SMILES string of the molecule is C[C@@H]1OC(=O)C[C@H]1NN. The zero-order chi connectivity index (χ0) is 6.85. The van der Waals surface area contributed by atoms with Gasteiger partial charge in [-0.2, -0.15) is 0 Å². The highest BCUT2D eigenvalue weighted by Crippen LogP contribution is 2.12. The molecule has 52 valence electrons. The van der Waals surface area contributed by atoms with Gasteiger partial charge in [0, 0.05) is 0 Å². The van der Waals surface area contributed by atoms with E-state index < -0.39 is 0 Å². The molecular formula is C5H10N2O2. The van der Waals surface area contributed by atoms with Gasteiger partial charge in [0.2, 0.25) is 0 Å². The van der Waals surface area contributed by atoms with Crippen molar-refractivity contribution in [3.63, 3.8) is 0 Å². The molecule has 0 saturated carbocycles. The Kier molecular flexibility index (Phi) is 1.68. The van der Waals surface area contributed by atoms with Gasteiger partial charge in [-0.3, -0.25) is 16.1 Å². The predicted octanol–water partition coefficient (Wildman–Crippen LogP) is -0.846. The van der Waals surface area contributed by atoms with Crippen LogP contribution in [0.1, 0.15) is 13.3 Å². The first-order chi connectivity index (χ1) is 4.24. The van der Waals surface area contributed by atoms with Crippen LogP contribution < -0.4 is 11.3 Å². The molecule has 1 saturated heterocycles. The zero-order valence-electron chi connectivity index (χ0n) is 5.26. The second-order valence-electron chi connectivity index (χ2n) is 2.17. The van der Waals surface area contributed by atoms with E-state index >= 15 is 0 Å². The quantitative estimate of drug-likeness (QED) is 0.276. The fourth-order valence-corrected chi connectivity index (χ4v) is 0.878. The first-order valence-electron chi connectivity index (χ1n) is 2.89. The average molecular weight is 130 g/mol. The summed E-state index contributed by atoms with van der Waals surface area (Å²) in [5, 5.41) is 0. The van der Waals surface area contributed by atoms with Gasteiger partial charge in [0.05, 0.1) is 12.5 Å². The van der Waals surface area contributed by atoms with Gasteiger partial charge < -0.3 is 4.74 Å². The van der Waals surface area contributed by atoms with Crippen LogP contribution in [0.15, 0.2) is 0 Å². The van der Waals surface area contributed by atoms with Gasteiger partial charge in [-0.05, 0) is 6.92 Å². The van der Waals surface area contributed by atoms with Crippen LogP contribution in [0, 0.1) is 0 Å². The molecule has 4 nitrogen and oxygen atoms in total. The topological polar surface area (TPSA) is 64.3 Å². The second kappa shape index (κ2) is 2.33. The Morgan fingerprint density at radius 3 is 2.78 bits per heavy atom. The number of rotatable bonds is 1. The molecule has 0 bridgehead atoms. The summed E-state index contributed by atoms with van der Waals surface area (Å²) in [7, 11) is 0. The van der Waals surface area contributed by atoms with Crippen LogP contribution in [-0.4, -0.2) is 18.1 Å². The largest absolute Gasteiger partial charge is 0.461 e. The van der Waals surface area contributed by atoms with Crippen LogP contribution in [0.25, 0.3) is 0 Å². The Labute approximate surface area is 53.3 Å². The third-order valence-electron chi connectivity index (χ3n) is 1.48. The number of nitrogens with one attached hydrogen (secondary N) is 1. The van der Waals surface area contributed by atoms with Crippen LogP contribution in [0.5, 0.6) is 0 Å². The summed E-state index contributed by atoms with van der Waals surface area (Å²) < 4.78 is 4.78. The summed E-state index contributed by atoms with van der Waals surface area (Å²) in [6.45, 7) is 1.81. The van der Waals surface area contributed by atoms with E-state index in [2.05, 4.69) is 5.43 Å². The van der Waals surface area contributed by atoms with E-state index in [0.29, 0.717) is 6.42 Å². The van der Waals surface area contributed by atoms with Crippen molar-refractivity contribution in [3.8, 4) is 0 Å². The first-order valence-corrected chi connectivity index (χ1v) is 2.89. The number of nitrogens with two attached hydrogens (primary N) is 1. The molecule has 0 aromatic carbocycles. The molecule has 0 unspecified atom stereocenters. The number of carbonyl (C=O) groups excluding carboxylic acids is 1. The van der Waals surface area contributed by atoms with Gasteiger partial charge in [0.15, 0.2) is 0 Å². The van der Waals surface area contributed by atoms with E-state index in [1.54, 1.807) is 0 Å². The normalized spacial score (nSPS) is 34.7. The number of ether oxygens (including phenoxy) is 1. The van der Waals surface area contributed by atoms with E-state index in [0.717, 1.165) is 0 Å². The Bertz CT molecular complexity index is 126. The lowest BCUT2D eigenvalue weighted by Crippen LogP contribution is -2.39. The fraction of sp³-hybridized carbons (Fsp3) is 0.800. The van der Waals surface area contributed by atoms with Crippen molar-refractivity contribution >= 4 is 5.97 Å². The molecule has 0 amide bonds. The highest BCUT2D eigenvalue weighted by Gasteiger charge is 2.29. The third-order valence-corrected chi connectivity index (χ3v) is 1.48. The van der Waals surface area contributed by atoms with Crippen LogP contribution in [-0.2, 0) is 9.53 Å². The molecule has 0 aromatic rings. The summed E-state index contributed by atoms with van der Waals surface area (Å²) in [5.74, 6) is 4.93. The molecule has 0 aliphatic carbocycles. The van der Waals surface area contributed by atoms with Crippen molar-refractivity contribution in [3.05, 3.63) is 0 Å². The van der Waals surface area contributed by atoms with Crippen molar-refractivity contribution in [2.75, 3.05) is 0 Å².